The highest BCUT2D eigenvalue weighted by atomic mass is 79.9. The predicted molar refractivity (Wildman–Crippen MR) is 100 cm³/mol. The fourth-order valence-electron chi connectivity index (χ4n) is 1.68. The molecule has 0 saturated heterocycles. The maximum Gasteiger partial charge on any atom is 0.203 e. The molecule has 0 atom stereocenters. The number of nitrogens with zero attached hydrogens (tertiary/aromatic N) is 2. The molecule has 1 aromatic carbocycles. The molecule has 0 radical (unpaired) electrons. The Morgan fingerprint density at radius 2 is 2.00 bits per heavy atom. The van der Waals surface area contributed by atoms with E-state index in [1.54, 1.807) is 29.7 Å². The van der Waals surface area contributed by atoms with Crippen LogP contribution in [-0.4, -0.2) is 16.3 Å². The van der Waals surface area contributed by atoms with E-state index in [0.29, 0.717) is 8.95 Å². The number of thiazole rings is 1. The van der Waals surface area contributed by atoms with Crippen LogP contribution in [0.5, 0.6) is 5.75 Å². The van der Waals surface area contributed by atoms with Crippen LogP contribution in [0.1, 0.15) is 5.56 Å². The fourth-order valence-corrected chi connectivity index (χ4v) is 4.33. The summed E-state index contributed by atoms with van der Waals surface area (Å²) in [5.41, 5.74) is 4.72. The Bertz CT molecular complexity index is 792. The summed E-state index contributed by atoms with van der Waals surface area (Å²) >= 11 is 9.74. The van der Waals surface area contributed by atoms with Crippen LogP contribution in [0.2, 0.25) is 0 Å². The third-order valence-corrected chi connectivity index (χ3v) is 5.54. The van der Waals surface area contributed by atoms with Crippen LogP contribution >= 0.6 is 54.5 Å². The zero-order valence-electron chi connectivity index (χ0n) is 11.0. The molecule has 0 aliphatic heterocycles. The van der Waals surface area contributed by atoms with Gasteiger partial charge in [0, 0.05) is 5.38 Å². The van der Waals surface area contributed by atoms with Crippen molar-refractivity contribution in [3.8, 4) is 16.3 Å². The van der Waals surface area contributed by atoms with Gasteiger partial charge in [-0.05, 0) is 61.0 Å². The number of rotatable bonds is 4. The van der Waals surface area contributed by atoms with E-state index in [4.69, 9.17) is 0 Å². The molecule has 3 rings (SSSR count). The lowest BCUT2D eigenvalue weighted by Gasteiger charge is -2.01. The van der Waals surface area contributed by atoms with Crippen molar-refractivity contribution in [2.24, 2.45) is 5.10 Å². The summed E-state index contributed by atoms with van der Waals surface area (Å²) in [7, 11) is 0. The van der Waals surface area contributed by atoms with Gasteiger partial charge in [-0.25, -0.2) is 4.98 Å². The van der Waals surface area contributed by atoms with Crippen molar-refractivity contribution in [1.82, 2.24) is 4.98 Å². The molecule has 22 heavy (non-hydrogen) atoms. The Morgan fingerprint density at radius 1 is 1.23 bits per heavy atom. The standard InChI is InChI=1S/C14H9Br2N3OS2/c15-9-4-8(5-10(16)13(9)20)6-17-19-14-18-11(7-22-14)12-2-1-3-21-12/h1-7,20H,(H,18,19)/b17-6-. The second-order valence-corrected chi connectivity index (χ2v) is 7.73. The van der Waals surface area contributed by atoms with E-state index in [-0.39, 0.29) is 5.75 Å². The van der Waals surface area contributed by atoms with Gasteiger partial charge < -0.3 is 5.11 Å². The largest absolute Gasteiger partial charge is 0.506 e. The minimum atomic E-state index is 0.172. The van der Waals surface area contributed by atoms with Gasteiger partial charge in [-0.2, -0.15) is 5.10 Å². The molecule has 2 heterocycles. The number of phenolic OH excluding ortho intramolecular Hbond substituents is 1. The first-order valence-electron chi connectivity index (χ1n) is 6.10. The predicted octanol–water partition coefficient (Wildman–Crippen LogP) is 5.55. The number of halogens is 2. The van der Waals surface area contributed by atoms with Gasteiger partial charge in [-0.3, -0.25) is 5.43 Å². The smallest absolute Gasteiger partial charge is 0.203 e. The molecule has 8 heteroatoms. The molecule has 0 aliphatic carbocycles. The van der Waals surface area contributed by atoms with Gasteiger partial charge in [0.15, 0.2) is 0 Å². The Kier molecular flexibility index (Phi) is 4.92. The van der Waals surface area contributed by atoms with Crippen molar-refractivity contribution in [2.45, 2.75) is 0 Å². The molecular weight excluding hydrogens is 450 g/mol. The molecule has 4 nitrogen and oxygen atoms in total. The van der Waals surface area contributed by atoms with E-state index >= 15 is 0 Å². The first-order chi connectivity index (χ1) is 10.6. The summed E-state index contributed by atoms with van der Waals surface area (Å²) in [5, 5.41) is 18.6. The molecule has 3 aromatic rings. The van der Waals surface area contributed by atoms with E-state index in [1.807, 2.05) is 22.9 Å². The Morgan fingerprint density at radius 3 is 2.68 bits per heavy atom. The normalized spacial score (nSPS) is 11.2. The van der Waals surface area contributed by atoms with Crippen molar-refractivity contribution < 1.29 is 5.11 Å². The average Bonchev–Trinajstić information content (AvgIpc) is 3.15. The lowest BCUT2D eigenvalue weighted by Crippen LogP contribution is -1.90. The van der Waals surface area contributed by atoms with E-state index in [0.717, 1.165) is 21.3 Å². The van der Waals surface area contributed by atoms with Gasteiger partial charge in [-0.1, -0.05) is 6.07 Å². The van der Waals surface area contributed by atoms with E-state index in [1.165, 1.54) is 11.3 Å². The Balaban J connectivity index is 1.70. The van der Waals surface area contributed by atoms with Gasteiger partial charge in [0.1, 0.15) is 5.75 Å². The molecule has 0 spiro atoms. The van der Waals surface area contributed by atoms with Gasteiger partial charge in [0.25, 0.3) is 0 Å². The third kappa shape index (κ3) is 3.57. The number of thiophene rings is 1. The van der Waals surface area contributed by atoms with Crippen molar-refractivity contribution in [1.29, 1.82) is 0 Å². The number of nitrogens with one attached hydrogen (secondary N) is 1. The molecule has 0 bridgehead atoms. The summed E-state index contributed by atoms with van der Waals surface area (Å²) in [5.74, 6) is 0.172. The third-order valence-electron chi connectivity index (χ3n) is 2.69. The lowest BCUT2D eigenvalue weighted by molar-refractivity contribution is 0.468. The maximum absolute atomic E-state index is 9.67. The molecule has 2 N–H and O–H groups in total. The van der Waals surface area contributed by atoms with Crippen LogP contribution in [0.3, 0.4) is 0 Å². The monoisotopic (exact) mass is 457 g/mol. The fraction of sp³-hybridized carbons (Fsp3) is 0. The van der Waals surface area contributed by atoms with Crippen LogP contribution in [0.15, 0.2) is 49.1 Å². The van der Waals surface area contributed by atoms with Crippen molar-refractivity contribution >= 4 is 65.9 Å². The average molecular weight is 459 g/mol. The maximum atomic E-state index is 9.67. The number of phenols is 1. The number of hydrazone groups is 1. The van der Waals surface area contributed by atoms with Crippen LogP contribution in [-0.2, 0) is 0 Å². The molecule has 2 aromatic heterocycles. The number of hydrogen-bond acceptors (Lipinski definition) is 6. The highest BCUT2D eigenvalue weighted by molar-refractivity contribution is 9.11. The number of anilines is 1. The molecular formula is C14H9Br2N3OS2. The summed E-state index contributed by atoms with van der Waals surface area (Å²) in [4.78, 5) is 5.62. The SMILES string of the molecule is Oc1c(Br)cc(/C=N\Nc2nc(-c3cccs3)cs2)cc1Br. The van der Waals surface area contributed by atoms with Gasteiger partial charge in [0.05, 0.1) is 25.7 Å². The van der Waals surface area contributed by atoms with Gasteiger partial charge in [0.2, 0.25) is 5.13 Å². The van der Waals surface area contributed by atoms with Crippen molar-refractivity contribution in [3.05, 3.63) is 49.5 Å². The number of aromatic hydroxyl groups is 1. The van der Waals surface area contributed by atoms with E-state index in [2.05, 4.69) is 47.4 Å². The van der Waals surface area contributed by atoms with Gasteiger partial charge >= 0.3 is 0 Å². The molecule has 0 saturated carbocycles. The van der Waals surface area contributed by atoms with Crippen molar-refractivity contribution in [3.63, 3.8) is 0 Å². The van der Waals surface area contributed by atoms with Crippen LogP contribution in [0, 0.1) is 0 Å². The first-order valence-corrected chi connectivity index (χ1v) is 9.44. The number of hydrogen-bond donors (Lipinski definition) is 2. The number of aromatic nitrogens is 1. The van der Waals surface area contributed by atoms with E-state index < -0.39 is 0 Å². The Hall–Kier alpha value is -1.22. The minimum Gasteiger partial charge on any atom is -0.506 e. The van der Waals surface area contributed by atoms with E-state index in [9.17, 15) is 5.11 Å². The highest BCUT2D eigenvalue weighted by Crippen LogP contribution is 2.33. The molecule has 0 unspecified atom stereocenters. The molecule has 112 valence electrons. The second kappa shape index (κ2) is 6.91. The van der Waals surface area contributed by atoms with Crippen molar-refractivity contribution in [2.75, 3.05) is 5.43 Å². The minimum absolute atomic E-state index is 0.172. The molecule has 0 fully saturated rings. The van der Waals surface area contributed by atoms with Gasteiger partial charge in [-0.15, -0.1) is 22.7 Å². The Labute approximate surface area is 151 Å². The quantitative estimate of drug-likeness (QED) is 0.398. The summed E-state index contributed by atoms with van der Waals surface area (Å²) in [6, 6.07) is 7.61. The highest BCUT2D eigenvalue weighted by Gasteiger charge is 2.06. The second-order valence-electron chi connectivity index (χ2n) is 4.22. The lowest BCUT2D eigenvalue weighted by atomic mass is 10.2. The summed E-state index contributed by atoms with van der Waals surface area (Å²) in [6.07, 6.45) is 1.67. The molecule has 0 aliphatic rings. The summed E-state index contributed by atoms with van der Waals surface area (Å²) < 4.78 is 1.22. The summed E-state index contributed by atoms with van der Waals surface area (Å²) in [6.45, 7) is 0. The van der Waals surface area contributed by atoms with Crippen LogP contribution in [0.25, 0.3) is 10.6 Å². The zero-order chi connectivity index (χ0) is 15.5. The first kappa shape index (κ1) is 15.7. The topological polar surface area (TPSA) is 57.5 Å². The number of benzene rings is 1. The molecule has 0 amide bonds. The van der Waals surface area contributed by atoms with Crippen LogP contribution < -0.4 is 5.43 Å². The zero-order valence-corrected chi connectivity index (χ0v) is 15.8. The van der Waals surface area contributed by atoms with Crippen LogP contribution in [0.4, 0.5) is 5.13 Å².